The van der Waals surface area contributed by atoms with Crippen LogP contribution < -0.4 is 27.0 Å². The zero-order valence-corrected chi connectivity index (χ0v) is 42.6. The number of thiocyanates is 1. The lowest BCUT2D eigenvalue weighted by Gasteiger charge is -2.42. The van der Waals surface area contributed by atoms with E-state index in [9.17, 15) is 40.2 Å². The number of rotatable bonds is 27. The number of pyridine rings is 2. The van der Waals surface area contributed by atoms with Crippen molar-refractivity contribution in [2.24, 2.45) is 15.7 Å². The number of aliphatic imine (C=N–C) groups is 2. The van der Waals surface area contributed by atoms with E-state index in [1.165, 1.54) is 13.8 Å². The molecule has 400 valence electrons. The Balaban J connectivity index is 0.000000420. The van der Waals surface area contributed by atoms with Crippen molar-refractivity contribution in [1.29, 1.82) is 5.26 Å². The molecule has 0 aliphatic carbocycles. The molecule has 0 bridgehead atoms. The van der Waals surface area contributed by atoms with Gasteiger partial charge in [0.15, 0.2) is 29.3 Å². The van der Waals surface area contributed by atoms with E-state index in [0.29, 0.717) is 80.3 Å². The van der Waals surface area contributed by atoms with E-state index in [0.717, 1.165) is 11.8 Å². The van der Waals surface area contributed by atoms with Crippen molar-refractivity contribution >= 4 is 93.1 Å². The Kier molecular flexibility index (Phi) is 34.0. The summed E-state index contributed by atoms with van der Waals surface area (Å²) in [5.74, 6) is 0.601. The summed E-state index contributed by atoms with van der Waals surface area (Å²) < 4.78 is 43.2. The van der Waals surface area contributed by atoms with Gasteiger partial charge in [0.2, 0.25) is 11.8 Å². The minimum atomic E-state index is -1.36. The van der Waals surface area contributed by atoms with Crippen LogP contribution in [0.1, 0.15) is 13.8 Å². The lowest BCUT2D eigenvalue weighted by molar-refractivity contribution is -0.272. The molecule has 0 radical (unpaired) electrons. The van der Waals surface area contributed by atoms with Gasteiger partial charge in [-0.05, 0) is 60.9 Å². The molecule has 26 nitrogen and oxygen atoms in total. The first-order valence-corrected chi connectivity index (χ1v) is 24.0. The second-order valence-electron chi connectivity index (χ2n) is 14.5. The number of isothiocyanates is 2. The number of nitriles is 1. The van der Waals surface area contributed by atoms with Gasteiger partial charge in [0, 0.05) is 38.7 Å². The predicted octanol–water partition coefficient (Wildman–Crippen LogP) is -1.58. The van der Waals surface area contributed by atoms with Crippen LogP contribution in [0.2, 0.25) is 0 Å². The molecule has 72 heavy (non-hydrogen) atoms. The van der Waals surface area contributed by atoms with Crippen molar-refractivity contribution in [3.05, 3.63) is 36.4 Å². The summed E-state index contributed by atoms with van der Waals surface area (Å²) in [6.45, 7) is 5.46. The Hall–Kier alpha value is -4.23. The van der Waals surface area contributed by atoms with Crippen molar-refractivity contribution < 1.29 is 78.1 Å². The Labute approximate surface area is 436 Å². The first kappa shape index (κ1) is 63.9. The first-order chi connectivity index (χ1) is 34.7. The highest BCUT2D eigenvalue weighted by Crippen LogP contribution is 2.24. The summed E-state index contributed by atoms with van der Waals surface area (Å²) >= 11 is 15.2. The van der Waals surface area contributed by atoms with Gasteiger partial charge in [0.25, 0.3) is 0 Å². The third-order valence-electron chi connectivity index (χ3n) is 9.21. The summed E-state index contributed by atoms with van der Waals surface area (Å²) in [7, 11) is 0. The molecule has 2 aliphatic rings. The molecule has 2 fully saturated rings. The molecule has 2 amide bonds. The number of carbonyl (C=O) groups is 2. The van der Waals surface area contributed by atoms with Crippen LogP contribution in [-0.4, -0.2) is 222 Å². The number of nitrogens with one attached hydrogen (secondary N) is 4. The molecular formula is C42H62N10O16S4. The molecule has 0 spiro atoms. The van der Waals surface area contributed by atoms with Crippen LogP contribution in [0, 0.1) is 10.7 Å². The minimum absolute atomic E-state index is 0.0915. The summed E-state index contributed by atoms with van der Waals surface area (Å²) in [5.41, 5.74) is 5.28. The van der Waals surface area contributed by atoms with Crippen LogP contribution in [0.25, 0.3) is 0 Å². The third kappa shape index (κ3) is 25.6. The van der Waals surface area contributed by atoms with Crippen molar-refractivity contribution in [2.75, 3.05) is 97.7 Å². The summed E-state index contributed by atoms with van der Waals surface area (Å²) in [4.78, 5) is 38.3. The average Bonchev–Trinajstić information content (AvgIpc) is 3.35. The van der Waals surface area contributed by atoms with E-state index in [1.54, 1.807) is 36.4 Å². The van der Waals surface area contributed by atoms with Crippen molar-refractivity contribution in [1.82, 2.24) is 25.9 Å². The average molecular weight is 1090 g/mol. The summed E-state index contributed by atoms with van der Waals surface area (Å²) in [6.07, 6.45) is -9.48. The third-order valence-corrected chi connectivity index (χ3v) is 10.2. The maximum atomic E-state index is 11.4. The zero-order valence-electron chi connectivity index (χ0n) is 39.3. The molecule has 2 aromatic rings. The van der Waals surface area contributed by atoms with Crippen LogP contribution in [0.3, 0.4) is 0 Å². The smallest absolute Gasteiger partial charge is 0.217 e. The second kappa shape index (κ2) is 38.4. The van der Waals surface area contributed by atoms with E-state index in [1.807, 2.05) is 5.40 Å². The fourth-order valence-corrected chi connectivity index (χ4v) is 6.79. The largest absolute Gasteiger partial charge is 0.394 e. The number of amides is 2. The van der Waals surface area contributed by atoms with Crippen LogP contribution >= 0.6 is 48.4 Å². The molecular weight excluding hydrogens is 1030 g/mol. The second-order valence-corrected chi connectivity index (χ2v) is 16.1. The minimum Gasteiger partial charge on any atom is -0.394 e. The normalized spacial score (nSPS) is 23.2. The van der Waals surface area contributed by atoms with Crippen molar-refractivity contribution in [3.63, 3.8) is 0 Å². The fraction of sp³-hybridized carbons (Fsp3) is 0.619. The number of anilines is 1. The number of aromatic nitrogens is 2. The highest BCUT2D eigenvalue weighted by atomic mass is 32.2. The maximum Gasteiger partial charge on any atom is 0.217 e. The summed E-state index contributed by atoms with van der Waals surface area (Å²) in [5, 5.41) is 85.3. The van der Waals surface area contributed by atoms with Gasteiger partial charge in [0.1, 0.15) is 65.0 Å². The number of thioether (sulfide) groups is 1. The van der Waals surface area contributed by atoms with E-state index in [2.05, 4.69) is 76.0 Å². The van der Waals surface area contributed by atoms with E-state index in [-0.39, 0.29) is 26.4 Å². The van der Waals surface area contributed by atoms with E-state index >= 15 is 0 Å². The number of aliphatic hydroxyl groups is 6. The number of thiocarbonyl (C=S) groups is 3. The maximum absolute atomic E-state index is 11.4. The van der Waals surface area contributed by atoms with Crippen LogP contribution in [-0.2, 0) is 47.5 Å². The van der Waals surface area contributed by atoms with Crippen molar-refractivity contribution in [3.8, 4) is 5.40 Å². The summed E-state index contributed by atoms with van der Waals surface area (Å²) in [6, 6.07) is 8.45. The molecule has 0 aromatic carbocycles. The number of hydrogen-bond acceptors (Lipinski definition) is 26. The molecule has 2 aliphatic heterocycles. The van der Waals surface area contributed by atoms with Crippen LogP contribution in [0.5, 0.6) is 0 Å². The molecule has 2 saturated heterocycles. The van der Waals surface area contributed by atoms with E-state index < -0.39 is 86.3 Å². The lowest BCUT2D eigenvalue weighted by Crippen LogP contribution is -2.64. The molecule has 4 unspecified atom stereocenters. The van der Waals surface area contributed by atoms with Gasteiger partial charge in [0.05, 0.1) is 89.6 Å². The molecule has 30 heteroatoms. The lowest BCUT2D eigenvalue weighted by atomic mass is 9.97. The van der Waals surface area contributed by atoms with Gasteiger partial charge in [-0.2, -0.15) is 15.2 Å². The molecule has 2 aromatic heterocycles. The molecule has 12 N–H and O–H groups in total. The molecule has 10 atom stereocenters. The van der Waals surface area contributed by atoms with Gasteiger partial charge in [-0.25, -0.2) is 9.97 Å². The number of hydrogen-bond donors (Lipinski definition) is 11. The standard InChI is InChI=1S/C21H31N5O8S2.C14H28N2O8.C7H3N3S2/c1-13(28)24-17-19(30)18(29)14(11-27)34-20(17)33-10-9-32-8-7-31-6-5-22-21(36)26-16-4-2-3-15(25-16)23-12-35;1-9(18)16-11-13(20)12(19)10(8-17)24-14(11)23-7-6-22-5-4-21-3-2-15;8-4-12-7-3-1-2-6(10-7)9-5-11/h2-4,14,17-20,27,29-30H,5-11H2,1H3,(H,24,28)(H2,22,25,26,36);10-14,17,19-20H,2-8,15H2,1H3,(H,16,18);1-3H/t14?,17?,18-,19+,20+;10?,11?,12-,13+,14+;/m00./s1. The zero-order chi connectivity index (χ0) is 53.1. The van der Waals surface area contributed by atoms with Gasteiger partial charge in [-0.15, -0.1) is 0 Å². The SMILES string of the molecule is CC(=O)NC1[C@H](OCCOCCOCCN)OC(CO)[C@H](O)[C@@H]1O.CC(=O)NC1[C@H](OCCOCCOCCNC(=S)Nc2cccc(N=C=S)n2)OC(CO)[C@H](O)[C@@H]1O.N#CSc1cccc(N=C=S)n1. The van der Waals surface area contributed by atoms with Gasteiger partial charge < -0.3 is 95.5 Å². The Morgan fingerprint density at radius 3 is 1.64 bits per heavy atom. The van der Waals surface area contributed by atoms with Gasteiger partial charge in [-0.3, -0.25) is 9.59 Å². The van der Waals surface area contributed by atoms with E-state index in [4.69, 9.17) is 61.1 Å². The Morgan fingerprint density at radius 1 is 0.722 bits per heavy atom. The number of ether oxygens (including phenoxy) is 8. The Bertz CT molecular complexity index is 2040. The topological polar surface area (TPSA) is 378 Å². The number of aliphatic hydroxyl groups excluding tert-OH is 6. The molecule has 4 rings (SSSR count). The predicted molar refractivity (Wildman–Crippen MR) is 269 cm³/mol. The monoisotopic (exact) mass is 1090 g/mol. The van der Waals surface area contributed by atoms with Crippen molar-refractivity contribution in [2.45, 2.75) is 80.2 Å². The van der Waals surface area contributed by atoms with Crippen LogP contribution in [0.15, 0.2) is 51.4 Å². The molecule has 4 heterocycles. The van der Waals surface area contributed by atoms with Gasteiger partial charge >= 0.3 is 0 Å². The number of carbonyl (C=O) groups excluding carboxylic acids is 2. The fourth-order valence-electron chi connectivity index (χ4n) is 6.02. The highest BCUT2D eigenvalue weighted by molar-refractivity contribution is 8.03. The quantitative estimate of drug-likeness (QED) is 0.0158. The number of nitrogens with zero attached hydrogens (tertiary/aromatic N) is 5. The Morgan fingerprint density at radius 2 is 1.18 bits per heavy atom. The number of nitrogens with two attached hydrogens (primary N) is 1. The van der Waals surface area contributed by atoms with Crippen LogP contribution in [0.4, 0.5) is 17.5 Å². The molecule has 0 saturated carbocycles. The highest BCUT2D eigenvalue weighted by Gasteiger charge is 2.46. The first-order valence-electron chi connectivity index (χ1n) is 22.0. The van der Waals surface area contributed by atoms with Gasteiger partial charge in [-0.1, -0.05) is 12.1 Å².